The average Bonchev–Trinajstić information content (AvgIpc) is 3.17. The minimum absolute atomic E-state index is 0.0231. The molecule has 1 heterocycles. The largest absolute Gasteiger partial charge is 0.444 e. The molecule has 3 N–H and O–H groups in total. The van der Waals surface area contributed by atoms with Crippen molar-refractivity contribution in [2.45, 2.75) is 74.0 Å². The first-order valence-corrected chi connectivity index (χ1v) is 12.2. The number of amides is 3. The van der Waals surface area contributed by atoms with E-state index in [0.29, 0.717) is 17.7 Å². The predicted octanol–water partition coefficient (Wildman–Crippen LogP) is 5.51. The fourth-order valence-electron chi connectivity index (χ4n) is 2.50. The van der Waals surface area contributed by atoms with E-state index in [4.69, 9.17) is 4.74 Å². The molecule has 8 heteroatoms. The van der Waals surface area contributed by atoms with Gasteiger partial charge >= 0.3 is 6.09 Å². The Morgan fingerprint density at radius 2 is 1.64 bits per heavy atom. The number of aromatic nitrogens is 1. The molecule has 1 aromatic carbocycles. The molecule has 0 radical (unpaired) electrons. The summed E-state index contributed by atoms with van der Waals surface area (Å²) in [7, 11) is 1.53. The van der Waals surface area contributed by atoms with Crippen molar-refractivity contribution in [3.63, 3.8) is 0 Å². The van der Waals surface area contributed by atoms with Crippen molar-refractivity contribution >= 4 is 28.8 Å². The molecule has 0 unspecified atom stereocenters. The second kappa shape index (κ2) is 15.0. The smallest absolute Gasteiger partial charge is 0.410 e. The quantitative estimate of drug-likeness (QED) is 0.453. The first-order valence-electron chi connectivity index (χ1n) is 12.2. The van der Waals surface area contributed by atoms with E-state index in [1.54, 1.807) is 17.0 Å². The Hall–Kier alpha value is -3.29. The third-order valence-corrected chi connectivity index (χ3v) is 4.04. The van der Waals surface area contributed by atoms with E-state index >= 15 is 0 Å². The number of carbonyl (C=O) groups is 3. The van der Waals surface area contributed by atoms with Crippen LogP contribution in [0.15, 0.2) is 43.0 Å². The number of benzene rings is 1. The SMILES string of the molecule is C=CCN(C(=O)OC(C)(C)C)C(C)C.CC(C)(C)C.CNC(=O)CNC(=O)c1cc2ccccc2[nH]1. The number of aromatic amines is 1. The number of fused-ring (bicyclic) bond motifs is 1. The highest BCUT2D eigenvalue weighted by Crippen LogP contribution is 2.14. The van der Waals surface area contributed by atoms with Crippen LogP contribution in [0.1, 0.15) is 72.8 Å². The Kier molecular flexibility index (Phi) is 13.6. The van der Waals surface area contributed by atoms with Gasteiger partial charge in [0.25, 0.3) is 5.91 Å². The van der Waals surface area contributed by atoms with E-state index < -0.39 is 5.60 Å². The molecule has 0 aliphatic carbocycles. The van der Waals surface area contributed by atoms with Crippen LogP contribution >= 0.6 is 0 Å². The monoisotopic (exact) mass is 502 g/mol. The summed E-state index contributed by atoms with van der Waals surface area (Å²) in [5, 5.41) is 5.93. The molecular formula is C28H46N4O4. The van der Waals surface area contributed by atoms with Crippen molar-refractivity contribution in [1.82, 2.24) is 20.5 Å². The Morgan fingerprint density at radius 3 is 2.08 bits per heavy atom. The van der Waals surface area contributed by atoms with Gasteiger partial charge in [-0.3, -0.25) is 9.59 Å². The second-order valence-electron chi connectivity index (χ2n) is 11.1. The number of hydrogen-bond donors (Lipinski definition) is 3. The van der Waals surface area contributed by atoms with Crippen molar-refractivity contribution in [3.05, 3.63) is 48.7 Å². The van der Waals surface area contributed by atoms with E-state index in [1.807, 2.05) is 58.9 Å². The van der Waals surface area contributed by atoms with Crippen LogP contribution < -0.4 is 10.6 Å². The van der Waals surface area contributed by atoms with Crippen molar-refractivity contribution in [3.8, 4) is 0 Å². The van der Waals surface area contributed by atoms with Crippen LogP contribution in [-0.2, 0) is 9.53 Å². The molecule has 0 fully saturated rings. The zero-order valence-electron chi connectivity index (χ0n) is 23.7. The number of carbonyl (C=O) groups excluding carboxylic acids is 3. The molecule has 0 saturated carbocycles. The summed E-state index contributed by atoms with van der Waals surface area (Å²) in [4.78, 5) is 39.0. The number of para-hydroxylation sites is 1. The zero-order chi connectivity index (χ0) is 28.1. The Bertz CT molecular complexity index is 942. The van der Waals surface area contributed by atoms with Gasteiger partial charge in [0.15, 0.2) is 0 Å². The Balaban J connectivity index is 0.000000584. The summed E-state index contributed by atoms with van der Waals surface area (Å²) in [5.74, 6) is -0.515. The molecule has 0 saturated heterocycles. The average molecular weight is 503 g/mol. The number of rotatable bonds is 6. The van der Waals surface area contributed by atoms with E-state index in [-0.39, 0.29) is 30.5 Å². The Labute approximate surface area is 216 Å². The number of likely N-dealkylation sites (N-methyl/N-ethyl adjacent to an activating group) is 1. The minimum atomic E-state index is -0.439. The lowest BCUT2D eigenvalue weighted by molar-refractivity contribution is -0.119. The summed E-state index contributed by atoms with van der Waals surface area (Å²) in [6.07, 6.45) is 1.41. The van der Waals surface area contributed by atoms with E-state index in [9.17, 15) is 14.4 Å². The summed E-state index contributed by atoms with van der Waals surface area (Å²) in [5.41, 5.74) is 1.42. The van der Waals surface area contributed by atoms with Crippen LogP contribution in [0.3, 0.4) is 0 Å². The van der Waals surface area contributed by atoms with Crippen molar-refractivity contribution in [1.29, 1.82) is 0 Å². The maximum Gasteiger partial charge on any atom is 0.410 e. The van der Waals surface area contributed by atoms with Gasteiger partial charge in [-0.25, -0.2) is 4.79 Å². The molecule has 8 nitrogen and oxygen atoms in total. The van der Waals surface area contributed by atoms with E-state index in [1.165, 1.54) is 7.05 Å². The van der Waals surface area contributed by atoms with Gasteiger partial charge in [-0.2, -0.15) is 0 Å². The molecule has 3 amide bonds. The summed E-state index contributed by atoms with van der Waals surface area (Å²) in [6.45, 7) is 22.3. The van der Waals surface area contributed by atoms with E-state index in [2.05, 4.69) is 49.9 Å². The highest BCUT2D eigenvalue weighted by atomic mass is 16.6. The number of ether oxygens (including phenoxy) is 1. The molecule has 2 aromatic rings. The van der Waals surface area contributed by atoms with Crippen molar-refractivity contribution in [2.24, 2.45) is 5.41 Å². The van der Waals surface area contributed by atoms with Crippen LogP contribution in [0.4, 0.5) is 4.79 Å². The van der Waals surface area contributed by atoms with Crippen LogP contribution in [0, 0.1) is 5.41 Å². The first kappa shape index (κ1) is 32.7. The fourth-order valence-corrected chi connectivity index (χ4v) is 2.50. The van der Waals surface area contributed by atoms with Gasteiger partial charge < -0.3 is 25.3 Å². The molecule has 0 spiro atoms. The first-order chi connectivity index (χ1) is 16.5. The summed E-state index contributed by atoms with van der Waals surface area (Å²) < 4.78 is 5.25. The lowest BCUT2D eigenvalue weighted by Gasteiger charge is -2.29. The third-order valence-electron chi connectivity index (χ3n) is 4.04. The molecule has 2 rings (SSSR count). The molecule has 36 heavy (non-hydrogen) atoms. The van der Waals surface area contributed by atoms with Gasteiger partial charge in [0.1, 0.15) is 11.3 Å². The topological polar surface area (TPSA) is 104 Å². The van der Waals surface area contributed by atoms with Crippen LogP contribution in [0.5, 0.6) is 0 Å². The van der Waals surface area contributed by atoms with E-state index in [0.717, 1.165) is 10.9 Å². The third kappa shape index (κ3) is 14.9. The molecule has 0 atom stereocenters. The highest BCUT2D eigenvalue weighted by Gasteiger charge is 2.22. The maximum absolute atomic E-state index is 11.7. The molecular weight excluding hydrogens is 456 g/mol. The highest BCUT2D eigenvalue weighted by molar-refractivity contribution is 5.99. The normalized spacial score (nSPS) is 10.9. The van der Waals surface area contributed by atoms with Crippen LogP contribution in [0.2, 0.25) is 0 Å². The van der Waals surface area contributed by atoms with Gasteiger partial charge in [-0.1, -0.05) is 52.0 Å². The lowest BCUT2D eigenvalue weighted by Crippen LogP contribution is -2.40. The van der Waals surface area contributed by atoms with Crippen LogP contribution in [-0.4, -0.2) is 59.6 Å². The maximum atomic E-state index is 11.7. The number of hydrogen-bond acceptors (Lipinski definition) is 4. The van der Waals surface area contributed by atoms with Crippen molar-refractivity contribution < 1.29 is 19.1 Å². The van der Waals surface area contributed by atoms with Gasteiger partial charge in [0.05, 0.1) is 6.54 Å². The molecule has 0 aliphatic rings. The van der Waals surface area contributed by atoms with Crippen molar-refractivity contribution in [2.75, 3.05) is 20.1 Å². The van der Waals surface area contributed by atoms with Gasteiger partial charge in [0, 0.05) is 30.5 Å². The van der Waals surface area contributed by atoms with Gasteiger partial charge in [0.2, 0.25) is 5.91 Å². The molecule has 1 aromatic heterocycles. The minimum Gasteiger partial charge on any atom is -0.444 e. The predicted molar refractivity (Wildman–Crippen MR) is 148 cm³/mol. The molecule has 0 aliphatic heterocycles. The van der Waals surface area contributed by atoms with Gasteiger partial charge in [-0.15, -0.1) is 6.58 Å². The standard InChI is InChI=1S/C12H13N3O2.C11H21NO2.C5H12/c1-13-11(16)7-14-12(17)10-6-8-4-2-3-5-9(8)15-10;1-7-8-12(9(2)3)10(13)14-11(4,5)6;1-5(2,3)4/h2-6,15H,7H2,1H3,(H,13,16)(H,14,17);7,9H,1,8H2,2-6H3;1-4H3. The second-order valence-corrected chi connectivity index (χ2v) is 11.1. The fraction of sp³-hybridized carbons (Fsp3) is 0.536. The summed E-state index contributed by atoms with van der Waals surface area (Å²) >= 11 is 0. The molecule has 202 valence electrons. The lowest BCUT2D eigenvalue weighted by atomic mass is 10.0. The van der Waals surface area contributed by atoms with Gasteiger partial charge in [-0.05, 0) is 52.2 Å². The Morgan fingerprint density at radius 1 is 1.08 bits per heavy atom. The number of nitrogens with one attached hydrogen (secondary N) is 3. The summed E-state index contributed by atoms with van der Waals surface area (Å²) in [6, 6.07) is 9.50. The number of nitrogens with zero attached hydrogens (tertiary/aromatic N) is 1. The zero-order valence-corrected chi connectivity index (χ0v) is 23.7. The number of H-pyrrole nitrogens is 1. The van der Waals surface area contributed by atoms with Crippen LogP contribution in [0.25, 0.3) is 10.9 Å². The molecule has 0 bridgehead atoms.